The van der Waals surface area contributed by atoms with Gasteiger partial charge in [-0.15, -0.1) is 0 Å². The first-order valence-corrected chi connectivity index (χ1v) is 6.30. The molecule has 100 valence electrons. The molecule has 0 amide bonds. The molecule has 0 heterocycles. The van der Waals surface area contributed by atoms with E-state index in [-0.39, 0.29) is 11.8 Å². The molecule has 19 heavy (non-hydrogen) atoms. The Balaban J connectivity index is 2.14. The van der Waals surface area contributed by atoms with Gasteiger partial charge < -0.3 is 15.2 Å². The second kappa shape index (κ2) is 5.65. The van der Waals surface area contributed by atoms with Crippen molar-refractivity contribution in [2.45, 2.75) is 19.9 Å². The number of benzene rings is 2. The number of ether oxygens (including phenoxy) is 1. The molecule has 1 atom stereocenters. The van der Waals surface area contributed by atoms with Crippen molar-refractivity contribution in [2.24, 2.45) is 0 Å². The number of aryl methyl sites for hydroxylation is 1. The van der Waals surface area contributed by atoms with E-state index in [1.165, 1.54) is 0 Å². The van der Waals surface area contributed by atoms with Crippen molar-refractivity contribution < 1.29 is 9.84 Å². The molecule has 0 spiro atoms. The number of nitrogens with one attached hydrogen (secondary N) is 1. The summed E-state index contributed by atoms with van der Waals surface area (Å²) >= 11 is 0. The highest BCUT2D eigenvalue weighted by atomic mass is 16.5. The van der Waals surface area contributed by atoms with Gasteiger partial charge in [0, 0.05) is 11.7 Å². The lowest BCUT2D eigenvalue weighted by Crippen LogP contribution is -2.07. The van der Waals surface area contributed by atoms with E-state index < -0.39 is 0 Å². The first-order chi connectivity index (χ1) is 9.10. The molecular formula is C16H19NO2. The summed E-state index contributed by atoms with van der Waals surface area (Å²) < 4.78 is 5.20. The molecule has 2 aromatic carbocycles. The van der Waals surface area contributed by atoms with E-state index >= 15 is 0 Å². The third-order valence-corrected chi connectivity index (χ3v) is 3.20. The SMILES string of the molecule is COc1ccc(NC(C)c2ccc(O)cc2)c(C)c1. The van der Waals surface area contributed by atoms with Crippen LogP contribution < -0.4 is 10.1 Å². The highest BCUT2D eigenvalue weighted by Crippen LogP contribution is 2.26. The van der Waals surface area contributed by atoms with Crippen molar-refractivity contribution in [3.05, 3.63) is 53.6 Å². The second-order valence-corrected chi connectivity index (χ2v) is 4.64. The van der Waals surface area contributed by atoms with Gasteiger partial charge >= 0.3 is 0 Å². The third kappa shape index (κ3) is 3.19. The zero-order valence-electron chi connectivity index (χ0n) is 11.5. The van der Waals surface area contributed by atoms with Crippen LogP contribution in [0.4, 0.5) is 5.69 Å². The Morgan fingerprint density at radius 1 is 1.11 bits per heavy atom. The molecule has 2 rings (SSSR count). The van der Waals surface area contributed by atoms with Crippen LogP contribution in [0, 0.1) is 6.92 Å². The molecule has 0 aromatic heterocycles. The van der Waals surface area contributed by atoms with Crippen molar-refractivity contribution in [1.29, 1.82) is 0 Å². The largest absolute Gasteiger partial charge is 0.508 e. The normalized spacial score (nSPS) is 11.9. The van der Waals surface area contributed by atoms with Crippen LogP contribution in [0.5, 0.6) is 11.5 Å². The summed E-state index contributed by atoms with van der Waals surface area (Å²) in [4.78, 5) is 0. The second-order valence-electron chi connectivity index (χ2n) is 4.64. The van der Waals surface area contributed by atoms with Gasteiger partial charge in [0.1, 0.15) is 11.5 Å². The molecule has 0 aliphatic rings. The molecule has 1 unspecified atom stereocenters. The summed E-state index contributed by atoms with van der Waals surface area (Å²) in [7, 11) is 1.67. The van der Waals surface area contributed by atoms with Crippen molar-refractivity contribution in [3.63, 3.8) is 0 Å². The Hall–Kier alpha value is -2.16. The fourth-order valence-corrected chi connectivity index (χ4v) is 2.00. The van der Waals surface area contributed by atoms with Gasteiger partial charge in [0.25, 0.3) is 0 Å². The maximum absolute atomic E-state index is 9.30. The minimum Gasteiger partial charge on any atom is -0.508 e. The van der Waals surface area contributed by atoms with Crippen LogP contribution in [0.2, 0.25) is 0 Å². The summed E-state index contributed by atoms with van der Waals surface area (Å²) in [5, 5.41) is 12.8. The number of anilines is 1. The maximum atomic E-state index is 9.30. The molecule has 0 aliphatic heterocycles. The van der Waals surface area contributed by atoms with Crippen LogP contribution >= 0.6 is 0 Å². The molecule has 0 fully saturated rings. The van der Waals surface area contributed by atoms with E-state index in [2.05, 4.69) is 12.2 Å². The van der Waals surface area contributed by atoms with E-state index in [1.807, 2.05) is 37.3 Å². The van der Waals surface area contributed by atoms with Gasteiger partial charge in [-0.25, -0.2) is 0 Å². The highest BCUT2D eigenvalue weighted by molar-refractivity contribution is 5.54. The standard InChI is InChI=1S/C16H19NO2/c1-11-10-15(19-3)8-9-16(11)17-12(2)13-4-6-14(18)7-5-13/h4-10,12,17-18H,1-3H3. The van der Waals surface area contributed by atoms with Crippen LogP contribution in [-0.4, -0.2) is 12.2 Å². The predicted octanol–water partition coefficient (Wildman–Crippen LogP) is 3.88. The van der Waals surface area contributed by atoms with Crippen molar-refractivity contribution in [3.8, 4) is 11.5 Å². The average molecular weight is 257 g/mol. The molecule has 0 bridgehead atoms. The van der Waals surface area contributed by atoms with Crippen molar-refractivity contribution in [1.82, 2.24) is 0 Å². The van der Waals surface area contributed by atoms with E-state index in [0.29, 0.717) is 0 Å². The van der Waals surface area contributed by atoms with E-state index in [9.17, 15) is 5.11 Å². The first kappa shape index (κ1) is 13.3. The van der Waals surface area contributed by atoms with E-state index in [0.717, 1.165) is 22.6 Å². The van der Waals surface area contributed by atoms with Crippen LogP contribution in [-0.2, 0) is 0 Å². The lowest BCUT2D eigenvalue weighted by molar-refractivity contribution is 0.414. The smallest absolute Gasteiger partial charge is 0.119 e. The Labute approximate surface area is 113 Å². The summed E-state index contributed by atoms with van der Waals surface area (Å²) in [6.07, 6.45) is 0. The number of phenolic OH excluding ortho intramolecular Hbond substituents is 1. The van der Waals surface area contributed by atoms with Gasteiger partial charge in [-0.2, -0.15) is 0 Å². The van der Waals surface area contributed by atoms with Gasteiger partial charge in [-0.1, -0.05) is 12.1 Å². The number of hydrogen-bond acceptors (Lipinski definition) is 3. The van der Waals surface area contributed by atoms with Gasteiger partial charge in [-0.3, -0.25) is 0 Å². The number of phenols is 1. The summed E-state index contributed by atoms with van der Waals surface area (Å²) in [6.45, 7) is 4.14. The lowest BCUT2D eigenvalue weighted by Gasteiger charge is -2.18. The van der Waals surface area contributed by atoms with Crippen LogP contribution in [0.1, 0.15) is 24.1 Å². The molecule has 3 heteroatoms. The van der Waals surface area contributed by atoms with E-state index in [4.69, 9.17) is 4.74 Å². The summed E-state index contributed by atoms with van der Waals surface area (Å²) in [6, 6.07) is 13.4. The third-order valence-electron chi connectivity index (χ3n) is 3.20. The Kier molecular flexibility index (Phi) is 3.95. The number of methoxy groups -OCH3 is 1. The maximum Gasteiger partial charge on any atom is 0.119 e. The fraction of sp³-hybridized carbons (Fsp3) is 0.250. The number of aromatic hydroxyl groups is 1. The molecule has 2 N–H and O–H groups in total. The Morgan fingerprint density at radius 3 is 2.37 bits per heavy atom. The average Bonchev–Trinajstić information content (AvgIpc) is 2.41. The van der Waals surface area contributed by atoms with Crippen LogP contribution in [0.15, 0.2) is 42.5 Å². The fourth-order valence-electron chi connectivity index (χ4n) is 2.00. The van der Waals surface area contributed by atoms with E-state index in [1.54, 1.807) is 19.2 Å². The summed E-state index contributed by atoms with van der Waals surface area (Å²) in [5.41, 5.74) is 3.36. The Morgan fingerprint density at radius 2 is 1.79 bits per heavy atom. The topological polar surface area (TPSA) is 41.5 Å². The molecular weight excluding hydrogens is 238 g/mol. The predicted molar refractivity (Wildman–Crippen MR) is 77.9 cm³/mol. The zero-order valence-corrected chi connectivity index (χ0v) is 11.5. The molecule has 2 aromatic rings. The number of rotatable bonds is 4. The Bertz CT molecular complexity index is 549. The molecule has 0 aliphatic carbocycles. The van der Waals surface area contributed by atoms with Gasteiger partial charge in [0.05, 0.1) is 7.11 Å². The lowest BCUT2D eigenvalue weighted by atomic mass is 10.1. The van der Waals surface area contributed by atoms with Crippen molar-refractivity contribution in [2.75, 3.05) is 12.4 Å². The molecule has 3 nitrogen and oxygen atoms in total. The molecule has 0 saturated heterocycles. The highest BCUT2D eigenvalue weighted by Gasteiger charge is 2.07. The van der Waals surface area contributed by atoms with Crippen LogP contribution in [0.3, 0.4) is 0 Å². The van der Waals surface area contributed by atoms with Gasteiger partial charge in [-0.05, 0) is 55.3 Å². The number of hydrogen-bond donors (Lipinski definition) is 2. The summed E-state index contributed by atoms with van der Waals surface area (Å²) in [5.74, 6) is 1.15. The minimum atomic E-state index is 0.174. The van der Waals surface area contributed by atoms with Gasteiger partial charge in [0.15, 0.2) is 0 Å². The quantitative estimate of drug-likeness (QED) is 0.873. The van der Waals surface area contributed by atoms with Crippen LogP contribution in [0.25, 0.3) is 0 Å². The monoisotopic (exact) mass is 257 g/mol. The molecule has 0 saturated carbocycles. The minimum absolute atomic E-state index is 0.174. The van der Waals surface area contributed by atoms with Crippen molar-refractivity contribution >= 4 is 5.69 Å². The zero-order chi connectivity index (χ0) is 13.8. The van der Waals surface area contributed by atoms with Gasteiger partial charge in [0.2, 0.25) is 0 Å². The first-order valence-electron chi connectivity index (χ1n) is 6.30. The molecule has 0 radical (unpaired) electrons.